The molecule has 2 bridgehead atoms. The van der Waals surface area contributed by atoms with E-state index in [0.717, 1.165) is 22.9 Å². The molecule has 5 heteroatoms. The number of benzene rings is 1. The number of fused-ring (bicyclic) bond motifs is 5. The maximum absolute atomic E-state index is 12.7. The lowest BCUT2D eigenvalue weighted by Crippen LogP contribution is -2.62. The van der Waals surface area contributed by atoms with Crippen LogP contribution in [0.5, 0.6) is 0 Å². The van der Waals surface area contributed by atoms with Crippen LogP contribution in [0.25, 0.3) is 0 Å². The number of carbonyl (C=O) groups is 1. The SMILES string of the molecule is CCCC[N+]1(C)[C@H]2CC(OC(=O)[C@@H](CO)c3ccccc3)C[C@H]1[C@H]1O[C@@H]12. The third kappa shape index (κ3) is 2.96. The average Bonchev–Trinajstić information content (AvgIpc) is 3.40. The summed E-state index contributed by atoms with van der Waals surface area (Å²) in [5.41, 5.74) is 0.813. The van der Waals surface area contributed by atoms with Gasteiger partial charge in [0.05, 0.1) is 20.2 Å². The number of hydrogen-bond donors (Lipinski definition) is 1. The zero-order valence-electron chi connectivity index (χ0n) is 15.7. The largest absolute Gasteiger partial charge is 0.461 e. The van der Waals surface area contributed by atoms with Gasteiger partial charge in [0.15, 0.2) is 0 Å². The fraction of sp³-hybridized carbons (Fsp3) is 0.667. The number of quaternary nitrogens is 1. The fourth-order valence-electron chi connectivity index (χ4n) is 5.23. The first-order chi connectivity index (χ1) is 12.6. The predicted molar refractivity (Wildman–Crippen MR) is 97.6 cm³/mol. The van der Waals surface area contributed by atoms with Crippen LogP contribution in [-0.4, -0.2) is 66.2 Å². The number of rotatable bonds is 7. The topological polar surface area (TPSA) is 59.1 Å². The summed E-state index contributed by atoms with van der Waals surface area (Å²) in [5, 5.41) is 9.70. The molecule has 5 nitrogen and oxygen atoms in total. The molecule has 1 aromatic carbocycles. The standard InChI is InChI=1S/C21H30NO4/c1-3-4-10-22(2)17-11-15(12-18(22)20-19(17)26-20)25-21(24)16(13-23)14-8-6-5-7-9-14/h5-9,15-20,23H,3-4,10-13H2,1-2H3/q+1/t15?,16-,17-,18-,19+,20+,22?/m0/s1. The van der Waals surface area contributed by atoms with Crippen LogP contribution in [0.15, 0.2) is 30.3 Å². The normalized spacial score (nSPS) is 38.5. The van der Waals surface area contributed by atoms with E-state index >= 15 is 0 Å². The molecule has 3 aliphatic heterocycles. The first-order valence-corrected chi connectivity index (χ1v) is 9.95. The number of morpholine rings is 1. The molecule has 0 aromatic heterocycles. The molecule has 0 saturated carbocycles. The van der Waals surface area contributed by atoms with Crippen LogP contribution in [0.2, 0.25) is 0 Å². The van der Waals surface area contributed by atoms with Crippen molar-refractivity contribution >= 4 is 5.97 Å². The maximum atomic E-state index is 12.7. The van der Waals surface area contributed by atoms with Crippen molar-refractivity contribution in [3.63, 3.8) is 0 Å². The lowest BCUT2D eigenvalue weighted by molar-refractivity contribution is -0.956. The summed E-state index contributed by atoms with van der Waals surface area (Å²) in [6.07, 6.45) is 4.83. The zero-order valence-corrected chi connectivity index (χ0v) is 15.7. The van der Waals surface area contributed by atoms with Gasteiger partial charge in [0.25, 0.3) is 0 Å². The molecule has 0 amide bonds. The van der Waals surface area contributed by atoms with Crippen molar-refractivity contribution in [1.82, 2.24) is 0 Å². The molecule has 4 rings (SSSR count). The van der Waals surface area contributed by atoms with E-state index in [-0.39, 0.29) is 18.7 Å². The number of likely N-dealkylation sites (N-methyl/N-ethyl adjacent to an activating group) is 1. The molecule has 1 N–H and O–H groups in total. The van der Waals surface area contributed by atoms with Gasteiger partial charge in [-0.1, -0.05) is 43.7 Å². The van der Waals surface area contributed by atoms with E-state index in [0.29, 0.717) is 24.3 Å². The number of piperidine rings is 1. The van der Waals surface area contributed by atoms with Crippen LogP contribution in [0.4, 0.5) is 0 Å². The van der Waals surface area contributed by atoms with Crippen LogP contribution in [0.1, 0.15) is 44.1 Å². The van der Waals surface area contributed by atoms with Crippen molar-refractivity contribution in [2.75, 3.05) is 20.2 Å². The van der Waals surface area contributed by atoms with E-state index in [1.54, 1.807) is 0 Å². The fourth-order valence-corrected chi connectivity index (χ4v) is 5.23. The lowest BCUT2D eigenvalue weighted by Gasteiger charge is -2.48. The van der Waals surface area contributed by atoms with Crippen LogP contribution in [0, 0.1) is 0 Å². The molecule has 3 fully saturated rings. The molecule has 0 spiro atoms. The van der Waals surface area contributed by atoms with Gasteiger partial charge in [0, 0.05) is 12.8 Å². The minimum absolute atomic E-state index is 0.0560. The van der Waals surface area contributed by atoms with Crippen molar-refractivity contribution < 1.29 is 23.9 Å². The Kier molecular flexibility index (Phi) is 4.80. The van der Waals surface area contributed by atoms with Crippen LogP contribution < -0.4 is 0 Å². The van der Waals surface area contributed by atoms with E-state index in [9.17, 15) is 9.90 Å². The molecule has 142 valence electrons. The highest BCUT2D eigenvalue weighted by Gasteiger charge is 2.71. The summed E-state index contributed by atoms with van der Waals surface area (Å²) in [4.78, 5) is 12.7. The van der Waals surface area contributed by atoms with Crippen LogP contribution >= 0.6 is 0 Å². The summed E-state index contributed by atoms with van der Waals surface area (Å²) in [6, 6.07) is 10.3. The molecule has 3 aliphatic rings. The number of carbonyl (C=O) groups excluding carboxylic acids is 1. The Morgan fingerprint density at radius 3 is 2.50 bits per heavy atom. The van der Waals surface area contributed by atoms with Crippen molar-refractivity contribution in [2.24, 2.45) is 0 Å². The zero-order chi connectivity index (χ0) is 18.3. The van der Waals surface area contributed by atoms with Gasteiger partial charge < -0.3 is 19.1 Å². The molecule has 26 heavy (non-hydrogen) atoms. The van der Waals surface area contributed by atoms with E-state index in [2.05, 4.69) is 14.0 Å². The minimum Gasteiger partial charge on any atom is -0.461 e. The quantitative estimate of drug-likeness (QED) is 0.460. The number of epoxide rings is 1. The van der Waals surface area contributed by atoms with Crippen LogP contribution in [0.3, 0.4) is 0 Å². The third-order valence-corrected chi connectivity index (χ3v) is 6.79. The monoisotopic (exact) mass is 360 g/mol. The van der Waals surface area contributed by atoms with Gasteiger partial charge in [-0.15, -0.1) is 0 Å². The van der Waals surface area contributed by atoms with E-state index in [1.807, 2.05) is 30.3 Å². The second kappa shape index (κ2) is 6.95. The van der Waals surface area contributed by atoms with E-state index < -0.39 is 5.92 Å². The van der Waals surface area contributed by atoms with E-state index in [4.69, 9.17) is 9.47 Å². The maximum Gasteiger partial charge on any atom is 0.316 e. The third-order valence-electron chi connectivity index (χ3n) is 6.79. The number of hydrogen-bond acceptors (Lipinski definition) is 4. The second-order valence-corrected chi connectivity index (χ2v) is 8.30. The number of ether oxygens (including phenoxy) is 2. The molecule has 0 aliphatic carbocycles. The minimum atomic E-state index is -0.595. The lowest BCUT2D eigenvalue weighted by atomic mass is 9.94. The number of aliphatic hydroxyl groups excluding tert-OH is 1. The van der Waals surface area contributed by atoms with Crippen molar-refractivity contribution in [3.8, 4) is 0 Å². The molecule has 3 saturated heterocycles. The van der Waals surface area contributed by atoms with Gasteiger partial charge >= 0.3 is 5.97 Å². The Balaban J connectivity index is 1.42. The molecule has 0 unspecified atom stereocenters. The second-order valence-electron chi connectivity index (χ2n) is 8.30. The van der Waals surface area contributed by atoms with Gasteiger partial charge in [0.1, 0.15) is 36.3 Å². The number of unbranched alkanes of at least 4 members (excludes halogenated alkanes) is 1. The van der Waals surface area contributed by atoms with Gasteiger partial charge in [-0.25, -0.2) is 0 Å². The molecule has 1 aromatic rings. The highest BCUT2D eigenvalue weighted by Crippen LogP contribution is 2.52. The predicted octanol–water partition coefficient (Wildman–Crippen LogP) is 2.23. The van der Waals surface area contributed by atoms with Crippen LogP contribution in [-0.2, 0) is 14.3 Å². The van der Waals surface area contributed by atoms with Gasteiger partial charge in [-0.3, -0.25) is 4.79 Å². The van der Waals surface area contributed by atoms with Gasteiger partial charge in [-0.05, 0) is 12.0 Å². The Morgan fingerprint density at radius 1 is 1.27 bits per heavy atom. The summed E-state index contributed by atoms with van der Waals surface area (Å²) in [7, 11) is 2.36. The van der Waals surface area contributed by atoms with Crippen molar-refractivity contribution in [2.45, 2.75) is 68.9 Å². The number of nitrogens with zero attached hydrogens (tertiary/aromatic N) is 1. The number of aliphatic hydroxyl groups is 1. The Labute approximate surface area is 155 Å². The molecular formula is C21H30NO4+. The average molecular weight is 360 g/mol. The first kappa shape index (κ1) is 18.0. The summed E-state index contributed by atoms with van der Waals surface area (Å²) in [6.45, 7) is 3.20. The molecule has 5 atom stereocenters. The molecule has 0 radical (unpaired) electrons. The summed E-state index contributed by atoms with van der Waals surface area (Å²) < 4.78 is 12.9. The van der Waals surface area contributed by atoms with Crippen molar-refractivity contribution in [1.29, 1.82) is 0 Å². The Morgan fingerprint density at radius 2 is 1.92 bits per heavy atom. The first-order valence-electron chi connectivity index (χ1n) is 9.95. The van der Waals surface area contributed by atoms with Gasteiger partial charge in [0.2, 0.25) is 0 Å². The molecule has 3 heterocycles. The number of esters is 1. The summed E-state index contributed by atoms with van der Waals surface area (Å²) >= 11 is 0. The Hall–Kier alpha value is -1.43. The summed E-state index contributed by atoms with van der Waals surface area (Å²) in [5.74, 6) is -0.898. The van der Waals surface area contributed by atoms with E-state index in [1.165, 1.54) is 19.4 Å². The Bertz CT molecular complexity index is 631. The highest BCUT2D eigenvalue weighted by molar-refractivity contribution is 5.78. The molecular weight excluding hydrogens is 330 g/mol. The van der Waals surface area contributed by atoms with Gasteiger partial charge in [-0.2, -0.15) is 0 Å². The van der Waals surface area contributed by atoms with Crippen molar-refractivity contribution in [3.05, 3.63) is 35.9 Å². The smallest absolute Gasteiger partial charge is 0.316 e. The highest BCUT2D eigenvalue weighted by atomic mass is 16.6.